The molecule has 1 aliphatic rings. The third kappa shape index (κ3) is 7.12. The lowest BCUT2D eigenvalue weighted by Gasteiger charge is -1.99. The van der Waals surface area contributed by atoms with E-state index in [4.69, 9.17) is 46.4 Å². The zero-order chi connectivity index (χ0) is 11.4. The molecular weight excluding hydrogens is 294 g/mol. The highest BCUT2D eigenvalue weighted by atomic mass is 35.6. The predicted octanol–water partition coefficient (Wildman–Crippen LogP) is 2.32. The molecule has 0 aromatic carbocycles. The number of hydrogen-bond acceptors (Lipinski definition) is 3. The van der Waals surface area contributed by atoms with E-state index in [2.05, 4.69) is 0 Å². The lowest BCUT2D eigenvalue weighted by atomic mass is 10.4. The molecule has 8 heteroatoms. The summed E-state index contributed by atoms with van der Waals surface area (Å²) < 4.78 is 18.9. The fraction of sp³-hybridized carbons (Fsp3) is 0.833. The molecule has 1 aliphatic heterocycles. The number of carbonyl (C=O) groups is 1. The van der Waals surface area contributed by atoms with E-state index in [1.165, 1.54) is 0 Å². The van der Waals surface area contributed by atoms with E-state index in [1.807, 2.05) is 0 Å². The molecule has 3 nitrogen and oxygen atoms in total. The Labute approximate surface area is 103 Å². The summed E-state index contributed by atoms with van der Waals surface area (Å²) in [5.74, 6) is 0.847. The van der Waals surface area contributed by atoms with Crippen molar-refractivity contribution in [1.29, 1.82) is 0 Å². The maximum absolute atomic E-state index is 10.4. The fourth-order valence-corrected chi connectivity index (χ4v) is 2.24. The van der Waals surface area contributed by atoms with Gasteiger partial charge in [0.2, 0.25) is 0 Å². The number of rotatable bonds is 0. The van der Waals surface area contributed by atoms with Gasteiger partial charge in [0.1, 0.15) is 9.84 Å². The number of hydrogen-bond donors (Lipinski definition) is 0. The second-order valence-electron chi connectivity index (χ2n) is 2.63. The van der Waals surface area contributed by atoms with Gasteiger partial charge in [0.15, 0.2) is 0 Å². The van der Waals surface area contributed by atoms with Gasteiger partial charge in [-0.05, 0) is 24.4 Å². The molecule has 0 atom stereocenters. The highest BCUT2D eigenvalue weighted by Gasteiger charge is 2.27. The molecule has 1 heterocycles. The summed E-state index contributed by atoms with van der Waals surface area (Å²) in [4.78, 5) is 9.83. The standard InChI is InChI=1S/C4H8O2S.C2Cl4O/c5-7(6)3-1-2-4-7;3-1(7)2(4,5)6/h1-4H2;. The summed E-state index contributed by atoms with van der Waals surface area (Å²) in [5, 5.41) is -0.988. The Morgan fingerprint density at radius 3 is 1.43 bits per heavy atom. The number of sulfone groups is 1. The maximum Gasteiger partial charge on any atom is 0.273 e. The van der Waals surface area contributed by atoms with E-state index in [1.54, 1.807) is 0 Å². The van der Waals surface area contributed by atoms with Crippen molar-refractivity contribution < 1.29 is 13.2 Å². The summed E-state index contributed by atoms with van der Waals surface area (Å²) in [7, 11) is -2.55. The molecular formula is C6H8Cl4O3S. The van der Waals surface area contributed by atoms with Gasteiger partial charge in [-0.2, -0.15) is 0 Å². The summed E-state index contributed by atoms with van der Waals surface area (Å²) in [5.41, 5.74) is 0. The van der Waals surface area contributed by atoms with E-state index in [9.17, 15) is 13.2 Å². The molecule has 0 spiro atoms. The molecule has 0 aliphatic carbocycles. The molecule has 0 amide bonds. The Balaban J connectivity index is 0.000000241. The van der Waals surface area contributed by atoms with Crippen LogP contribution in [0.1, 0.15) is 12.8 Å². The van der Waals surface area contributed by atoms with Crippen LogP contribution in [0.4, 0.5) is 0 Å². The summed E-state index contributed by atoms with van der Waals surface area (Å²) in [6.45, 7) is 0. The molecule has 0 unspecified atom stereocenters. The first-order valence-corrected chi connectivity index (χ1v) is 6.95. The van der Waals surface area contributed by atoms with Crippen molar-refractivity contribution in [2.24, 2.45) is 0 Å². The van der Waals surface area contributed by atoms with Crippen molar-refractivity contribution >= 4 is 61.5 Å². The van der Waals surface area contributed by atoms with E-state index < -0.39 is 18.9 Å². The third-order valence-corrected chi connectivity index (χ3v) is 4.29. The lowest BCUT2D eigenvalue weighted by Crippen LogP contribution is -2.10. The largest absolute Gasteiger partial charge is 0.276 e. The zero-order valence-corrected chi connectivity index (χ0v) is 10.8. The van der Waals surface area contributed by atoms with Crippen LogP contribution < -0.4 is 0 Å². The second kappa shape index (κ2) is 5.75. The zero-order valence-electron chi connectivity index (χ0n) is 6.97. The van der Waals surface area contributed by atoms with E-state index in [0.29, 0.717) is 11.5 Å². The quantitative estimate of drug-likeness (QED) is 0.510. The SMILES string of the molecule is O=C(Cl)C(Cl)(Cl)Cl.O=S1(=O)CCCC1. The Morgan fingerprint density at radius 2 is 1.36 bits per heavy atom. The number of halogens is 4. The Kier molecular flexibility index (Phi) is 6.07. The van der Waals surface area contributed by atoms with Crippen LogP contribution in [0, 0.1) is 0 Å². The van der Waals surface area contributed by atoms with Crippen LogP contribution in [0.3, 0.4) is 0 Å². The fourth-order valence-electron chi connectivity index (χ4n) is 0.746. The number of carbonyl (C=O) groups excluding carboxylic acids is 1. The normalized spacial score (nSPS) is 19.7. The highest BCUT2D eigenvalue weighted by molar-refractivity contribution is 7.91. The molecule has 84 valence electrons. The lowest BCUT2D eigenvalue weighted by molar-refractivity contribution is -0.110. The minimum Gasteiger partial charge on any atom is -0.276 e. The molecule has 1 saturated heterocycles. The highest BCUT2D eigenvalue weighted by Crippen LogP contribution is 2.28. The molecule has 14 heavy (non-hydrogen) atoms. The predicted molar refractivity (Wildman–Crippen MR) is 59.0 cm³/mol. The van der Waals surface area contributed by atoms with Crippen molar-refractivity contribution in [3.05, 3.63) is 0 Å². The molecule has 0 N–H and O–H groups in total. The second-order valence-corrected chi connectivity index (χ2v) is 7.56. The van der Waals surface area contributed by atoms with Gasteiger partial charge in [0, 0.05) is 0 Å². The van der Waals surface area contributed by atoms with Crippen LogP contribution in [-0.4, -0.2) is 29.0 Å². The van der Waals surface area contributed by atoms with Gasteiger partial charge in [0.05, 0.1) is 11.5 Å². The first kappa shape index (κ1) is 14.8. The van der Waals surface area contributed by atoms with Gasteiger partial charge >= 0.3 is 0 Å². The van der Waals surface area contributed by atoms with Gasteiger partial charge in [-0.1, -0.05) is 34.8 Å². The first-order chi connectivity index (χ1) is 6.15. The molecule has 0 aromatic rings. The van der Waals surface area contributed by atoms with Gasteiger partial charge in [-0.25, -0.2) is 8.42 Å². The van der Waals surface area contributed by atoms with Gasteiger partial charge < -0.3 is 0 Å². The van der Waals surface area contributed by atoms with E-state index >= 15 is 0 Å². The van der Waals surface area contributed by atoms with Crippen LogP contribution >= 0.6 is 46.4 Å². The van der Waals surface area contributed by atoms with E-state index in [0.717, 1.165) is 12.8 Å². The molecule has 0 aromatic heterocycles. The minimum atomic E-state index is -2.55. The van der Waals surface area contributed by atoms with Crippen molar-refractivity contribution in [3.8, 4) is 0 Å². The van der Waals surface area contributed by atoms with Crippen LogP contribution in [0.25, 0.3) is 0 Å². The summed E-state index contributed by atoms with van der Waals surface area (Å²) >= 11 is 19.5. The molecule has 0 bridgehead atoms. The molecule has 0 saturated carbocycles. The van der Waals surface area contributed by atoms with Gasteiger partial charge in [0.25, 0.3) is 9.03 Å². The van der Waals surface area contributed by atoms with Crippen LogP contribution in [0.2, 0.25) is 0 Å². The van der Waals surface area contributed by atoms with Crippen molar-refractivity contribution in [3.63, 3.8) is 0 Å². The monoisotopic (exact) mass is 300 g/mol. The molecule has 1 fully saturated rings. The van der Waals surface area contributed by atoms with E-state index in [-0.39, 0.29) is 0 Å². The Bertz CT molecular complexity index is 281. The summed E-state index contributed by atoms with van der Waals surface area (Å²) in [6, 6.07) is 0. The average Bonchev–Trinajstić information content (AvgIpc) is 2.33. The number of alkyl halides is 3. The smallest absolute Gasteiger partial charge is 0.273 e. The third-order valence-electron chi connectivity index (χ3n) is 1.38. The average molecular weight is 302 g/mol. The van der Waals surface area contributed by atoms with Crippen molar-refractivity contribution in [2.75, 3.05) is 11.5 Å². The van der Waals surface area contributed by atoms with Crippen molar-refractivity contribution in [1.82, 2.24) is 0 Å². The van der Waals surface area contributed by atoms with Gasteiger partial charge in [-0.3, -0.25) is 4.79 Å². The van der Waals surface area contributed by atoms with Gasteiger partial charge in [-0.15, -0.1) is 0 Å². The van der Waals surface area contributed by atoms with Crippen LogP contribution in [0.15, 0.2) is 0 Å². The molecule has 1 rings (SSSR count). The van der Waals surface area contributed by atoms with Crippen molar-refractivity contribution in [2.45, 2.75) is 16.6 Å². The first-order valence-electron chi connectivity index (χ1n) is 3.62. The Hall–Kier alpha value is 0.780. The Morgan fingerprint density at radius 1 is 1.07 bits per heavy atom. The summed E-state index contributed by atoms with van der Waals surface area (Å²) in [6.07, 6.45) is 1.75. The van der Waals surface area contributed by atoms with Crippen LogP contribution in [-0.2, 0) is 14.6 Å². The topological polar surface area (TPSA) is 51.2 Å². The minimum absolute atomic E-state index is 0.424. The van der Waals surface area contributed by atoms with Crippen LogP contribution in [0.5, 0.6) is 0 Å². The molecule has 0 radical (unpaired) electrons. The maximum atomic E-state index is 10.4.